The Hall–Kier alpha value is -2.64. The number of benzene rings is 2. The van der Waals surface area contributed by atoms with E-state index in [0.717, 1.165) is 16.7 Å². The molecular weight excluding hydrogens is 340 g/mol. The van der Waals surface area contributed by atoms with Crippen molar-refractivity contribution in [2.24, 2.45) is 0 Å². The van der Waals surface area contributed by atoms with E-state index in [1.165, 1.54) is 0 Å². The summed E-state index contributed by atoms with van der Waals surface area (Å²) in [5.41, 5.74) is 2.73. The van der Waals surface area contributed by atoms with Crippen LogP contribution >= 0.6 is 0 Å². The molecule has 0 aliphatic carbocycles. The summed E-state index contributed by atoms with van der Waals surface area (Å²) < 4.78 is 38.9. The van der Waals surface area contributed by atoms with Crippen LogP contribution in [0.25, 0.3) is 0 Å². The van der Waals surface area contributed by atoms with E-state index in [9.17, 15) is 0 Å². The lowest BCUT2D eigenvalue weighted by Gasteiger charge is -2.18. The SMILES string of the molecule is COc1cc([C@H]2O[C@@H](OC)c3cc4c(cc32)OCO4)cc(OC)c1OC. The molecule has 4 rings (SSSR count). The van der Waals surface area contributed by atoms with E-state index < -0.39 is 6.29 Å². The third kappa shape index (κ3) is 2.51. The number of methoxy groups -OCH3 is 4. The average molecular weight is 360 g/mol. The molecule has 0 radical (unpaired) electrons. The van der Waals surface area contributed by atoms with E-state index in [-0.39, 0.29) is 12.9 Å². The van der Waals surface area contributed by atoms with Crippen LogP contribution in [-0.2, 0) is 9.47 Å². The quantitative estimate of drug-likeness (QED) is 0.811. The first-order valence-electron chi connectivity index (χ1n) is 8.11. The number of hydrogen-bond donors (Lipinski definition) is 0. The van der Waals surface area contributed by atoms with Crippen molar-refractivity contribution >= 4 is 0 Å². The molecule has 0 spiro atoms. The summed E-state index contributed by atoms with van der Waals surface area (Å²) in [6, 6.07) is 7.59. The van der Waals surface area contributed by atoms with Crippen molar-refractivity contribution in [1.82, 2.24) is 0 Å². The van der Waals surface area contributed by atoms with Gasteiger partial charge in [-0.3, -0.25) is 0 Å². The predicted molar refractivity (Wildman–Crippen MR) is 91.3 cm³/mol. The highest BCUT2D eigenvalue weighted by molar-refractivity contribution is 5.58. The highest BCUT2D eigenvalue weighted by Crippen LogP contribution is 2.50. The lowest BCUT2D eigenvalue weighted by molar-refractivity contribution is -0.132. The fourth-order valence-electron chi connectivity index (χ4n) is 3.37. The van der Waals surface area contributed by atoms with Crippen LogP contribution in [0.4, 0.5) is 0 Å². The van der Waals surface area contributed by atoms with Crippen molar-refractivity contribution in [3.8, 4) is 28.7 Å². The lowest BCUT2D eigenvalue weighted by Crippen LogP contribution is -2.04. The zero-order chi connectivity index (χ0) is 18.3. The van der Waals surface area contributed by atoms with Crippen LogP contribution in [0, 0.1) is 0 Å². The average Bonchev–Trinajstić information content (AvgIpc) is 3.28. The van der Waals surface area contributed by atoms with E-state index in [4.69, 9.17) is 33.2 Å². The summed E-state index contributed by atoms with van der Waals surface area (Å²) >= 11 is 0. The Kier molecular flexibility index (Phi) is 4.26. The highest BCUT2D eigenvalue weighted by atomic mass is 16.7. The van der Waals surface area contributed by atoms with E-state index in [1.807, 2.05) is 24.3 Å². The molecule has 7 nitrogen and oxygen atoms in total. The zero-order valence-electron chi connectivity index (χ0n) is 15.0. The number of hydrogen-bond acceptors (Lipinski definition) is 7. The number of ether oxygens (including phenoxy) is 7. The monoisotopic (exact) mass is 360 g/mol. The van der Waals surface area contributed by atoms with Crippen LogP contribution in [0.3, 0.4) is 0 Å². The minimum Gasteiger partial charge on any atom is -0.493 e. The van der Waals surface area contributed by atoms with Crippen LogP contribution in [-0.4, -0.2) is 35.2 Å². The van der Waals surface area contributed by atoms with E-state index >= 15 is 0 Å². The Morgan fingerprint density at radius 2 is 1.42 bits per heavy atom. The summed E-state index contributed by atoms with van der Waals surface area (Å²) in [6.07, 6.45) is -0.859. The van der Waals surface area contributed by atoms with Crippen molar-refractivity contribution in [1.29, 1.82) is 0 Å². The van der Waals surface area contributed by atoms with Crippen LogP contribution in [0.5, 0.6) is 28.7 Å². The van der Waals surface area contributed by atoms with Gasteiger partial charge in [0.25, 0.3) is 0 Å². The summed E-state index contributed by atoms with van der Waals surface area (Å²) in [4.78, 5) is 0. The minimum atomic E-state index is -0.497. The summed E-state index contributed by atoms with van der Waals surface area (Å²) in [5.74, 6) is 3.05. The summed E-state index contributed by atoms with van der Waals surface area (Å²) in [7, 11) is 6.35. The normalized spacial score (nSPS) is 20.0. The van der Waals surface area contributed by atoms with Gasteiger partial charge >= 0.3 is 0 Å². The van der Waals surface area contributed by atoms with Crippen molar-refractivity contribution in [3.63, 3.8) is 0 Å². The molecule has 0 aromatic heterocycles. The van der Waals surface area contributed by atoms with Crippen LogP contribution in [0.15, 0.2) is 24.3 Å². The topological polar surface area (TPSA) is 64.6 Å². The second kappa shape index (κ2) is 6.59. The molecule has 2 atom stereocenters. The van der Waals surface area contributed by atoms with Crippen molar-refractivity contribution in [2.75, 3.05) is 35.2 Å². The van der Waals surface area contributed by atoms with Gasteiger partial charge in [-0.1, -0.05) is 0 Å². The summed E-state index contributed by atoms with van der Waals surface area (Å²) in [6.45, 7) is 0.214. The number of rotatable bonds is 5. The molecule has 2 aromatic rings. The van der Waals surface area contributed by atoms with Gasteiger partial charge in [0.05, 0.1) is 21.3 Å². The zero-order valence-corrected chi connectivity index (χ0v) is 15.0. The van der Waals surface area contributed by atoms with Crippen molar-refractivity contribution < 1.29 is 33.2 Å². The fraction of sp³-hybridized carbons (Fsp3) is 0.368. The highest BCUT2D eigenvalue weighted by Gasteiger charge is 2.36. The van der Waals surface area contributed by atoms with Crippen LogP contribution in [0.2, 0.25) is 0 Å². The summed E-state index contributed by atoms with van der Waals surface area (Å²) in [5, 5.41) is 0. The first-order chi connectivity index (χ1) is 12.7. The molecule has 0 bridgehead atoms. The maximum Gasteiger partial charge on any atom is 0.231 e. The Morgan fingerprint density at radius 1 is 0.808 bits per heavy atom. The second-order valence-corrected chi connectivity index (χ2v) is 5.88. The van der Waals surface area contributed by atoms with E-state index in [0.29, 0.717) is 28.7 Å². The Balaban J connectivity index is 1.83. The first kappa shape index (κ1) is 16.8. The molecule has 0 unspecified atom stereocenters. The van der Waals surface area contributed by atoms with Gasteiger partial charge in [0, 0.05) is 12.7 Å². The molecule has 26 heavy (non-hydrogen) atoms. The van der Waals surface area contributed by atoms with Crippen LogP contribution in [0.1, 0.15) is 29.1 Å². The molecule has 0 N–H and O–H groups in total. The molecule has 0 saturated heterocycles. The molecule has 0 amide bonds. The largest absolute Gasteiger partial charge is 0.493 e. The van der Waals surface area contributed by atoms with Gasteiger partial charge in [0.15, 0.2) is 29.3 Å². The maximum atomic E-state index is 6.13. The molecule has 2 aromatic carbocycles. The van der Waals surface area contributed by atoms with Gasteiger partial charge in [0.2, 0.25) is 12.5 Å². The molecule has 2 aliphatic rings. The third-order valence-corrected chi connectivity index (χ3v) is 4.58. The first-order valence-corrected chi connectivity index (χ1v) is 8.11. The lowest BCUT2D eigenvalue weighted by atomic mass is 9.97. The van der Waals surface area contributed by atoms with E-state index in [2.05, 4.69) is 0 Å². The second-order valence-electron chi connectivity index (χ2n) is 5.88. The maximum absolute atomic E-state index is 6.13. The molecule has 138 valence electrons. The number of fused-ring (bicyclic) bond motifs is 2. The standard InChI is InChI=1S/C19H20O7/c1-20-15-5-10(6-16(21-2)18(15)22-3)17-11-7-13-14(25-9-24-13)8-12(11)19(23-4)26-17/h5-8,17,19H,9H2,1-4H3/t17-,19-/m1/s1. The van der Waals surface area contributed by atoms with E-state index in [1.54, 1.807) is 28.4 Å². The van der Waals surface area contributed by atoms with Crippen LogP contribution < -0.4 is 23.7 Å². The molecule has 0 saturated carbocycles. The Labute approximate surface area is 151 Å². The van der Waals surface area contributed by atoms with Crippen molar-refractivity contribution in [3.05, 3.63) is 41.0 Å². The predicted octanol–water partition coefficient (Wildman–Crippen LogP) is 3.21. The molecular formula is C19H20O7. The molecule has 2 heterocycles. The fourth-order valence-corrected chi connectivity index (χ4v) is 3.37. The van der Waals surface area contributed by atoms with Gasteiger partial charge in [-0.2, -0.15) is 0 Å². The molecule has 7 heteroatoms. The minimum absolute atomic E-state index is 0.214. The van der Waals surface area contributed by atoms with Gasteiger partial charge in [-0.15, -0.1) is 0 Å². The van der Waals surface area contributed by atoms with Crippen molar-refractivity contribution in [2.45, 2.75) is 12.4 Å². The molecule has 2 aliphatic heterocycles. The molecule has 0 fully saturated rings. The van der Waals surface area contributed by atoms with Gasteiger partial charge in [-0.25, -0.2) is 0 Å². The van der Waals surface area contributed by atoms with Gasteiger partial charge < -0.3 is 33.2 Å². The van der Waals surface area contributed by atoms with Gasteiger partial charge in [-0.05, 0) is 35.4 Å². The van der Waals surface area contributed by atoms with Gasteiger partial charge in [0.1, 0.15) is 6.10 Å². The Morgan fingerprint density at radius 3 is 1.96 bits per heavy atom. The Bertz CT molecular complexity index is 808. The smallest absolute Gasteiger partial charge is 0.231 e. The third-order valence-electron chi connectivity index (χ3n) is 4.58.